The van der Waals surface area contributed by atoms with Gasteiger partial charge in [0.25, 0.3) is 0 Å². The van der Waals surface area contributed by atoms with Gasteiger partial charge in [-0.15, -0.1) is 0 Å². The largest absolute Gasteiger partial charge is 0.198 e. The van der Waals surface area contributed by atoms with Gasteiger partial charge in [-0.1, -0.05) is 60.7 Å². The molecule has 0 aliphatic heterocycles. The molecule has 2 aromatic carbocycles. The standard InChI is InChI=1S/C18H16N2/c1-17(2,13-19)18(14-20,15-9-5-3-6-10-15)16-11-7-4-8-12-16/h3-12H,1-2H3. The van der Waals surface area contributed by atoms with Gasteiger partial charge in [0.05, 0.1) is 17.6 Å². The first-order chi connectivity index (χ1) is 9.58. The van der Waals surface area contributed by atoms with Crippen LogP contribution in [0.25, 0.3) is 0 Å². The third kappa shape index (κ3) is 1.96. The van der Waals surface area contributed by atoms with Crippen molar-refractivity contribution < 1.29 is 0 Å². The Balaban J connectivity index is 2.81. The molecule has 2 heteroatoms. The van der Waals surface area contributed by atoms with E-state index in [1.165, 1.54) is 0 Å². The molecule has 0 amide bonds. The Labute approximate surface area is 119 Å². The van der Waals surface area contributed by atoms with Crippen LogP contribution in [0.15, 0.2) is 60.7 Å². The summed E-state index contributed by atoms with van der Waals surface area (Å²) in [7, 11) is 0. The quantitative estimate of drug-likeness (QED) is 0.836. The lowest BCUT2D eigenvalue weighted by Crippen LogP contribution is -2.41. The molecular weight excluding hydrogens is 244 g/mol. The van der Waals surface area contributed by atoms with Crippen LogP contribution in [-0.4, -0.2) is 0 Å². The van der Waals surface area contributed by atoms with E-state index in [2.05, 4.69) is 12.1 Å². The normalized spacial score (nSPS) is 11.4. The first kappa shape index (κ1) is 13.8. The van der Waals surface area contributed by atoms with Crippen molar-refractivity contribution in [3.63, 3.8) is 0 Å². The lowest BCUT2D eigenvalue weighted by Gasteiger charge is -2.37. The molecule has 0 spiro atoms. The number of benzene rings is 2. The second-order valence-electron chi connectivity index (χ2n) is 5.33. The van der Waals surface area contributed by atoms with Gasteiger partial charge in [0.1, 0.15) is 5.41 Å². The summed E-state index contributed by atoms with van der Waals surface area (Å²) in [5.74, 6) is 0. The summed E-state index contributed by atoms with van der Waals surface area (Å²) in [6.07, 6.45) is 0. The van der Waals surface area contributed by atoms with E-state index >= 15 is 0 Å². The SMILES string of the molecule is CC(C)(C#N)C(C#N)(c1ccccc1)c1ccccc1. The van der Waals surface area contributed by atoms with Gasteiger partial charge in [0.2, 0.25) is 0 Å². The lowest BCUT2D eigenvalue weighted by molar-refractivity contribution is 0.351. The van der Waals surface area contributed by atoms with Gasteiger partial charge in [0, 0.05) is 0 Å². The Hall–Kier alpha value is -2.58. The average Bonchev–Trinajstić information content (AvgIpc) is 2.50. The van der Waals surface area contributed by atoms with Crippen molar-refractivity contribution in [3.05, 3.63) is 71.8 Å². The maximum atomic E-state index is 9.95. The molecule has 2 aromatic rings. The van der Waals surface area contributed by atoms with Gasteiger partial charge >= 0.3 is 0 Å². The summed E-state index contributed by atoms with van der Waals surface area (Å²) in [5.41, 5.74) is -0.130. The van der Waals surface area contributed by atoms with Crippen molar-refractivity contribution in [1.82, 2.24) is 0 Å². The minimum absolute atomic E-state index is 0.843. The first-order valence-corrected chi connectivity index (χ1v) is 6.52. The molecule has 0 N–H and O–H groups in total. The topological polar surface area (TPSA) is 47.6 Å². The van der Waals surface area contributed by atoms with Crippen molar-refractivity contribution in [2.75, 3.05) is 0 Å². The van der Waals surface area contributed by atoms with Crippen molar-refractivity contribution in [2.45, 2.75) is 19.3 Å². The molecule has 0 heterocycles. The van der Waals surface area contributed by atoms with Crippen LogP contribution in [0, 0.1) is 28.1 Å². The molecular formula is C18H16N2. The fourth-order valence-electron chi connectivity index (χ4n) is 2.62. The zero-order valence-corrected chi connectivity index (χ0v) is 11.7. The molecule has 0 radical (unpaired) electrons. The Morgan fingerprint density at radius 1 is 0.700 bits per heavy atom. The highest BCUT2D eigenvalue weighted by molar-refractivity contribution is 5.50. The van der Waals surface area contributed by atoms with E-state index in [1.807, 2.05) is 74.5 Å². The Morgan fingerprint density at radius 2 is 1.10 bits per heavy atom. The van der Waals surface area contributed by atoms with Crippen molar-refractivity contribution in [2.24, 2.45) is 5.41 Å². The average molecular weight is 260 g/mol. The zero-order valence-electron chi connectivity index (χ0n) is 11.7. The summed E-state index contributed by atoms with van der Waals surface area (Å²) in [6, 6.07) is 23.8. The van der Waals surface area contributed by atoms with Crippen LogP contribution in [0.5, 0.6) is 0 Å². The van der Waals surface area contributed by atoms with Crippen molar-refractivity contribution in [3.8, 4) is 12.1 Å². The zero-order chi connectivity index (χ0) is 14.6. The summed E-state index contributed by atoms with van der Waals surface area (Å²) < 4.78 is 0. The molecule has 98 valence electrons. The molecule has 0 aliphatic carbocycles. The van der Waals surface area contributed by atoms with E-state index < -0.39 is 10.8 Å². The van der Waals surface area contributed by atoms with Gasteiger partial charge in [0.15, 0.2) is 0 Å². The Morgan fingerprint density at radius 3 is 1.40 bits per heavy atom. The molecule has 0 aliphatic rings. The van der Waals surface area contributed by atoms with Gasteiger partial charge in [-0.25, -0.2) is 0 Å². The lowest BCUT2D eigenvalue weighted by atomic mass is 9.60. The van der Waals surface area contributed by atoms with Crippen molar-refractivity contribution in [1.29, 1.82) is 10.5 Å². The van der Waals surface area contributed by atoms with Crippen LogP contribution in [0.1, 0.15) is 25.0 Å². The van der Waals surface area contributed by atoms with Gasteiger partial charge in [-0.05, 0) is 25.0 Å². The van der Waals surface area contributed by atoms with Crippen LogP contribution in [0.4, 0.5) is 0 Å². The van der Waals surface area contributed by atoms with Gasteiger partial charge in [-0.2, -0.15) is 10.5 Å². The minimum atomic E-state index is -0.982. The molecule has 0 bridgehead atoms. The third-order valence-corrected chi connectivity index (χ3v) is 3.80. The highest BCUT2D eigenvalue weighted by Gasteiger charge is 2.48. The first-order valence-electron chi connectivity index (χ1n) is 6.52. The van der Waals surface area contributed by atoms with E-state index in [0.29, 0.717) is 0 Å². The molecule has 0 unspecified atom stereocenters. The molecule has 0 saturated carbocycles. The number of rotatable bonds is 3. The Kier molecular flexibility index (Phi) is 3.59. The van der Waals surface area contributed by atoms with Crippen LogP contribution < -0.4 is 0 Å². The number of hydrogen-bond acceptors (Lipinski definition) is 2. The van der Waals surface area contributed by atoms with Crippen LogP contribution in [-0.2, 0) is 5.41 Å². The second kappa shape index (κ2) is 5.19. The van der Waals surface area contributed by atoms with Crippen molar-refractivity contribution >= 4 is 0 Å². The van der Waals surface area contributed by atoms with E-state index in [4.69, 9.17) is 0 Å². The molecule has 2 rings (SSSR count). The number of hydrogen-bond donors (Lipinski definition) is 0. The van der Waals surface area contributed by atoms with Crippen LogP contribution in [0.2, 0.25) is 0 Å². The third-order valence-electron chi connectivity index (χ3n) is 3.80. The van der Waals surface area contributed by atoms with Gasteiger partial charge < -0.3 is 0 Å². The highest BCUT2D eigenvalue weighted by Crippen LogP contribution is 2.46. The van der Waals surface area contributed by atoms with Crippen LogP contribution >= 0.6 is 0 Å². The van der Waals surface area contributed by atoms with E-state index in [9.17, 15) is 10.5 Å². The molecule has 0 fully saturated rings. The van der Waals surface area contributed by atoms with Crippen LogP contribution in [0.3, 0.4) is 0 Å². The second-order valence-corrected chi connectivity index (χ2v) is 5.33. The fourth-order valence-corrected chi connectivity index (χ4v) is 2.62. The maximum Gasteiger partial charge on any atom is 0.125 e. The summed E-state index contributed by atoms with van der Waals surface area (Å²) in [4.78, 5) is 0. The summed E-state index contributed by atoms with van der Waals surface area (Å²) in [6.45, 7) is 3.63. The number of nitriles is 2. The monoisotopic (exact) mass is 260 g/mol. The maximum absolute atomic E-state index is 9.95. The predicted molar refractivity (Wildman–Crippen MR) is 78.7 cm³/mol. The smallest absolute Gasteiger partial charge is 0.125 e. The number of nitrogens with zero attached hydrogens (tertiary/aromatic N) is 2. The Bertz CT molecular complexity index is 619. The van der Waals surface area contributed by atoms with E-state index in [1.54, 1.807) is 0 Å². The molecule has 0 atom stereocenters. The molecule has 0 aromatic heterocycles. The highest BCUT2D eigenvalue weighted by atomic mass is 14.5. The molecule has 20 heavy (non-hydrogen) atoms. The summed E-state index contributed by atoms with van der Waals surface area (Å²) in [5, 5.41) is 19.5. The molecule has 2 nitrogen and oxygen atoms in total. The van der Waals surface area contributed by atoms with E-state index in [0.717, 1.165) is 11.1 Å². The summed E-state index contributed by atoms with van der Waals surface area (Å²) >= 11 is 0. The van der Waals surface area contributed by atoms with Gasteiger partial charge in [-0.3, -0.25) is 0 Å². The molecule has 0 saturated heterocycles. The van der Waals surface area contributed by atoms with E-state index in [-0.39, 0.29) is 0 Å². The minimum Gasteiger partial charge on any atom is -0.198 e. The fraction of sp³-hybridized carbons (Fsp3) is 0.222. The predicted octanol–water partition coefficient (Wildman–Crippen LogP) is 4.05.